The van der Waals surface area contributed by atoms with Crippen molar-refractivity contribution in [2.75, 3.05) is 9.80 Å². The van der Waals surface area contributed by atoms with E-state index in [0.29, 0.717) is 78.4 Å². The van der Waals surface area contributed by atoms with Crippen molar-refractivity contribution in [2.45, 2.75) is 0 Å². The number of rotatable bonds is 10. The molecule has 0 aliphatic carbocycles. The van der Waals surface area contributed by atoms with Gasteiger partial charge in [-0.25, -0.2) is 8.78 Å². The van der Waals surface area contributed by atoms with Gasteiger partial charge in [0.05, 0.1) is 69.3 Å². The van der Waals surface area contributed by atoms with E-state index < -0.39 is 11.6 Å². The zero-order valence-electron chi connectivity index (χ0n) is 40.4. The number of hydrogen-bond donors (Lipinski definition) is 0. The molecular formula is C68H38F2N6. The topological polar surface area (TPSA) is 102 Å². The summed E-state index contributed by atoms with van der Waals surface area (Å²) in [5.74, 6) is -1.12. The number of para-hydroxylation sites is 2. The van der Waals surface area contributed by atoms with E-state index >= 15 is 8.78 Å². The summed E-state index contributed by atoms with van der Waals surface area (Å²) in [7, 11) is 0. The molecule has 0 atom stereocenters. The maximum absolute atomic E-state index is 18.1. The van der Waals surface area contributed by atoms with Crippen molar-refractivity contribution in [3.63, 3.8) is 0 Å². The molecule has 0 saturated carbocycles. The van der Waals surface area contributed by atoms with Gasteiger partial charge in [-0.1, -0.05) is 146 Å². The highest BCUT2D eigenvalue weighted by atomic mass is 19.1. The van der Waals surface area contributed by atoms with Crippen LogP contribution >= 0.6 is 0 Å². The van der Waals surface area contributed by atoms with E-state index in [1.54, 1.807) is 97.1 Å². The molecule has 0 N–H and O–H groups in total. The van der Waals surface area contributed by atoms with E-state index in [0.717, 1.165) is 32.3 Å². The number of anilines is 6. The van der Waals surface area contributed by atoms with Gasteiger partial charge in [-0.05, 0) is 129 Å². The summed E-state index contributed by atoms with van der Waals surface area (Å²) in [5, 5.41) is 46.5. The van der Waals surface area contributed by atoms with Crippen LogP contribution in [-0.4, -0.2) is 0 Å². The van der Waals surface area contributed by atoms with Crippen molar-refractivity contribution in [1.82, 2.24) is 0 Å². The van der Waals surface area contributed by atoms with Crippen LogP contribution < -0.4 is 9.80 Å². The smallest absolute Gasteiger partial charge is 0.155 e. The SMILES string of the molecule is N#Cc1ccccc1-c1cc(-c2ccccc2C#N)c(F)c(N(c2ccccc2)c2ccc3ccc4c(N(c5ccccc5)c5cc(-c6ccccc6C#N)cc(-c6ccccc6C#N)c5F)ccc5ccc2c3c54)c1. The monoisotopic (exact) mass is 976 g/mol. The van der Waals surface area contributed by atoms with E-state index in [1.807, 2.05) is 119 Å². The third-order valence-electron chi connectivity index (χ3n) is 14.1. The molecule has 0 aliphatic heterocycles. The van der Waals surface area contributed by atoms with Crippen molar-refractivity contribution in [1.29, 1.82) is 21.0 Å². The van der Waals surface area contributed by atoms with Crippen LogP contribution in [-0.2, 0) is 0 Å². The van der Waals surface area contributed by atoms with Gasteiger partial charge < -0.3 is 9.80 Å². The zero-order chi connectivity index (χ0) is 51.9. The standard InChI is InChI=1S/C68H38F2N6/c69-67-59(55-25-13-9-17-47(55)41-73)35-49(53-23-11-7-15-45(53)39-71)37-63(67)75(51-19-3-1-4-20-51)61-33-29-43-28-32-58-62(34-30-44-27-31-57(61)65(43)66(44)58)76(52-21-5-2-6-22-52)64-38-50(54-24-12-8-16-46(54)40-72)36-60(68(64)70)56-26-14-10-18-48(56)42-74/h1-38H. The molecular weight excluding hydrogens is 939 g/mol. The molecule has 0 amide bonds. The second-order valence-corrected chi connectivity index (χ2v) is 18.3. The Bertz CT molecular complexity index is 4160. The fraction of sp³-hybridized carbons (Fsp3) is 0. The van der Waals surface area contributed by atoms with Crippen molar-refractivity contribution in [3.8, 4) is 68.8 Å². The normalized spacial score (nSPS) is 11.0. The maximum atomic E-state index is 18.1. The molecule has 0 unspecified atom stereocenters. The summed E-state index contributed by atoms with van der Waals surface area (Å²) in [6.07, 6.45) is 0. The fourth-order valence-corrected chi connectivity index (χ4v) is 10.7. The molecule has 8 heteroatoms. The molecule has 0 saturated heterocycles. The van der Waals surface area contributed by atoms with E-state index in [-0.39, 0.29) is 22.5 Å². The van der Waals surface area contributed by atoms with Gasteiger partial charge in [0, 0.05) is 44.4 Å². The van der Waals surface area contributed by atoms with Gasteiger partial charge in [0.15, 0.2) is 11.6 Å². The lowest BCUT2D eigenvalue weighted by atomic mass is 9.90. The molecule has 0 bridgehead atoms. The Hall–Kier alpha value is -10.9. The Morgan fingerprint density at radius 1 is 0.289 bits per heavy atom. The van der Waals surface area contributed by atoms with Crippen LogP contribution in [0.15, 0.2) is 231 Å². The molecule has 0 fully saturated rings. The van der Waals surface area contributed by atoms with Crippen LogP contribution in [0.5, 0.6) is 0 Å². The van der Waals surface area contributed by atoms with Gasteiger partial charge in [-0.2, -0.15) is 21.0 Å². The van der Waals surface area contributed by atoms with Gasteiger partial charge in [0.1, 0.15) is 0 Å². The first-order valence-electron chi connectivity index (χ1n) is 24.4. The first kappa shape index (κ1) is 46.2. The molecule has 12 aromatic carbocycles. The number of nitriles is 4. The maximum Gasteiger partial charge on any atom is 0.155 e. The largest absolute Gasteiger partial charge is 0.307 e. The lowest BCUT2D eigenvalue weighted by Gasteiger charge is -2.30. The first-order valence-corrected chi connectivity index (χ1v) is 24.4. The quantitative estimate of drug-likeness (QED) is 0.127. The Morgan fingerprint density at radius 2 is 0.605 bits per heavy atom. The lowest BCUT2D eigenvalue weighted by molar-refractivity contribution is 0.632. The second-order valence-electron chi connectivity index (χ2n) is 18.3. The summed E-state index contributed by atoms with van der Waals surface area (Å²) in [4.78, 5) is 3.80. The second kappa shape index (κ2) is 19.3. The number of hydrogen-bond acceptors (Lipinski definition) is 6. The minimum Gasteiger partial charge on any atom is -0.307 e. The predicted octanol–water partition coefficient (Wildman–Crippen LogP) is 18.0. The molecule has 354 valence electrons. The molecule has 12 rings (SSSR count). The van der Waals surface area contributed by atoms with E-state index in [4.69, 9.17) is 0 Å². The van der Waals surface area contributed by atoms with Crippen LogP contribution in [0.1, 0.15) is 22.3 Å². The molecule has 0 aliphatic rings. The summed E-state index contributed by atoms with van der Waals surface area (Å²) >= 11 is 0. The van der Waals surface area contributed by atoms with Gasteiger partial charge in [0.25, 0.3) is 0 Å². The Kier molecular flexibility index (Phi) is 11.7. The average molecular weight is 977 g/mol. The van der Waals surface area contributed by atoms with Gasteiger partial charge in [-0.3, -0.25) is 0 Å². The lowest BCUT2D eigenvalue weighted by Crippen LogP contribution is -2.14. The third-order valence-corrected chi connectivity index (χ3v) is 14.1. The Labute approximate surface area is 437 Å². The molecule has 12 aromatic rings. The van der Waals surface area contributed by atoms with Crippen molar-refractivity contribution in [2.24, 2.45) is 0 Å². The highest BCUT2D eigenvalue weighted by molar-refractivity contribution is 6.28. The van der Waals surface area contributed by atoms with Crippen LogP contribution in [0.3, 0.4) is 0 Å². The molecule has 0 radical (unpaired) electrons. The number of benzene rings is 12. The average Bonchev–Trinajstić information content (AvgIpc) is 3.54. The predicted molar refractivity (Wildman–Crippen MR) is 300 cm³/mol. The molecule has 0 heterocycles. The number of halogens is 2. The van der Waals surface area contributed by atoms with Crippen LogP contribution in [0.4, 0.5) is 42.9 Å². The summed E-state index contributed by atoms with van der Waals surface area (Å²) in [6, 6.07) is 79.7. The summed E-state index contributed by atoms with van der Waals surface area (Å²) in [5.41, 5.74) is 8.12. The Balaban J connectivity index is 1.14. The van der Waals surface area contributed by atoms with Crippen molar-refractivity contribution < 1.29 is 8.78 Å². The highest BCUT2D eigenvalue weighted by Crippen LogP contribution is 2.51. The summed E-state index contributed by atoms with van der Waals surface area (Å²) < 4.78 is 36.3. The minimum atomic E-state index is -0.561. The Morgan fingerprint density at radius 3 is 0.974 bits per heavy atom. The van der Waals surface area contributed by atoms with Crippen molar-refractivity contribution >= 4 is 66.4 Å². The van der Waals surface area contributed by atoms with E-state index in [9.17, 15) is 21.0 Å². The van der Waals surface area contributed by atoms with Crippen molar-refractivity contribution in [3.05, 3.63) is 264 Å². The van der Waals surface area contributed by atoms with Gasteiger partial charge in [-0.15, -0.1) is 0 Å². The van der Waals surface area contributed by atoms with E-state index in [1.165, 1.54) is 0 Å². The van der Waals surface area contributed by atoms with Crippen LogP contribution in [0.2, 0.25) is 0 Å². The molecule has 0 aromatic heterocycles. The third kappa shape index (κ3) is 7.76. The summed E-state index contributed by atoms with van der Waals surface area (Å²) in [6.45, 7) is 0. The molecule has 76 heavy (non-hydrogen) atoms. The van der Waals surface area contributed by atoms with Crippen LogP contribution in [0, 0.1) is 57.0 Å². The highest BCUT2D eigenvalue weighted by Gasteiger charge is 2.28. The fourth-order valence-electron chi connectivity index (χ4n) is 10.7. The molecule has 0 spiro atoms. The minimum absolute atomic E-state index is 0.201. The van der Waals surface area contributed by atoms with Gasteiger partial charge >= 0.3 is 0 Å². The molecule has 6 nitrogen and oxygen atoms in total. The number of nitrogens with zero attached hydrogens (tertiary/aromatic N) is 6. The van der Waals surface area contributed by atoms with Crippen LogP contribution in [0.25, 0.3) is 76.8 Å². The van der Waals surface area contributed by atoms with E-state index in [2.05, 4.69) is 48.5 Å². The zero-order valence-corrected chi connectivity index (χ0v) is 40.4. The first-order chi connectivity index (χ1) is 37.4. The van der Waals surface area contributed by atoms with Gasteiger partial charge in [0.2, 0.25) is 0 Å².